The number of hydrogen-bond donors (Lipinski definition) is 0. The molecule has 0 fully saturated rings. The van der Waals surface area contributed by atoms with Crippen LogP contribution in [0.5, 0.6) is 5.75 Å². The Balaban J connectivity index is 1.54. The molecule has 0 saturated heterocycles. The highest BCUT2D eigenvalue weighted by Crippen LogP contribution is 2.31. The average Bonchev–Trinajstić information content (AvgIpc) is 3.20. The zero-order valence-electron chi connectivity index (χ0n) is 18.6. The molecule has 0 bridgehead atoms. The Morgan fingerprint density at radius 3 is 2.37 bits per heavy atom. The van der Waals surface area contributed by atoms with Crippen molar-refractivity contribution in [1.82, 2.24) is 0 Å². The van der Waals surface area contributed by atoms with Gasteiger partial charge in [-0.2, -0.15) is 10.1 Å². The van der Waals surface area contributed by atoms with E-state index in [0.717, 1.165) is 5.56 Å². The van der Waals surface area contributed by atoms with Gasteiger partial charge in [-0.05, 0) is 54.1 Å². The van der Waals surface area contributed by atoms with E-state index in [1.807, 2.05) is 60.7 Å². The molecule has 0 unspecified atom stereocenters. The van der Waals surface area contributed by atoms with E-state index in [-0.39, 0.29) is 18.3 Å². The van der Waals surface area contributed by atoms with E-state index in [4.69, 9.17) is 16.3 Å². The predicted molar refractivity (Wildman–Crippen MR) is 137 cm³/mol. The van der Waals surface area contributed by atoms with Crippen molar-refractivity contribution in [3.63, 3.8) is 0 Å². The summed E-state index contributed by atoms with van der Waals surface area (Å²) in [5.41, 5.74) is 3.76. The molecule has 4 nitrogen and oxygen atoms in total. The van der Waals surface area contributed by atoms with E-state index in [1.54, 1.807) is 36.4 Å². The van der Waals surface area contributed by atoms with Gasteiger partial charge >= 0.3 is 0 Å². The zero-order chi connectivity index (χ0) is 24.2. The van der Waals surface area contributed by atoms with Crippen LogP contribution in [-0.2, 0) is 11.4 Å². The van der Waals surface area contributed by atoms with Crippen LogP contribution in [0.3, 0.4) is 0 Å². The van der Waals surface area contributed by atoms with Crippen LogP contribution < -0.4 is 9.75 Å². The second-order valence-electron chi connectivity index (χ2n) is 7.93. The topological polar surface area (TPSA) is 41.9 Å². The van der Waals surface area contributed by atoms with Gasteiger partial charge < -0.3 is 4.74 Å². The number of hydrogen-bond acceptors (Lipinski definition) is 3. The molecule has 0 aliphatic carbocycles. The van der Waals surface area contributed by atoms with E-state index >= 15 is 0 Å². The normalized spacial score (nSPS) is 14.3. The number of para-hydroxylation sites is 1. The number of rotatable bonds is 6. The third kappa shape index (κ3) is 5.00. The van der Waals surface area contributed by atoms with Gasteiger partial charge in [-0.3, -0.25) is 4.79 Å². The van der Waals surface area contributed by atoms with Crippen LogP contribution in [-0.4, -0.2) is 11.6 Å². The van der Waals surface area contributed by atoms with Crippen molar-refractivity contribution in [2.75, 3.05) is 5.01 Å². The molecule has 4 aromatic carbocycles. The maximum atomic E-state index is 13.6. The molecule has 0 atom stereocenters. The number of hydrazone groups is 1. The summed E-state index contributed by atoms with van der Waals surface area (Å²) in [6.45, 7) is 0.166. The summed E-state index contributed by atoms with van der Waals surface area (Å²) >= 11 is 6.29. The Kier molecular flexibility index (Phi) is 6.42. The summed E-state index contributed by atoms with van der Waals surface area (Å²) in [5.74, 6) is -0.0681. The standard InChI is InChI=1S/C29H20ClFN2O2/c30-23-14-15-27(35-19-20-8-7-11-24(31)16-20)22(17-23)18-26-28(21-9-3-1-4-10-21)32-33(29(26)34)25-12-5-2-6-13-25/h1-18H,19H2/b26-18-. The lowest BCUT2D eigenvalue weighted by Gasteiger charge is -2.12. The number of ether oxygens (including phenoxy) is 1. The Labute approximate surface area is 207 Å². The largest absolute Gasteiger partial charge is 0.488 e. The minimum absolute atomic E-state index is 0.166. The number of carbonyl (C=O) groups is 1. The lowest BCUT2D eigenvalue weighted by Crippen LogP contribution is -2.21. The van der Waals surface area contributed by atoms with E-state index in [2.05, 4.69) is 5.10 Å². The van der Waals surface area contributed by atoms with E-state index in [9.17, 15) is 9.18 Å². The molecule has 0 spiro atoms. The molecule has 172 valence electrons. The van der Waals surface area contributed by atoms with Crippen molar-refractivity contribution in [1.29, 1.82) is 0 Å². The van der Waals surface area contributed by atoms with Crippen LogP contribution in [0.25, 0.3) is 6.08 Å². The SMILES string of the molecule is O=C1/C(=C\c2cc(Cl)ccc2OCc2cccc(F)c2)C(c2ccccc2)=NN1c1ccccc1. The molecule has 0 aromatic heterocycles. The van der Waals surface area contributed by atoms with Gasteiger partial charge in [0.15, 0.2) is 0 Å². The maximum Gasteiger partial charge on any atom is 0.281 e. The maximum absolute atomic E-state index is 13.6. The molecule has 4 aromatic rings. The second kappa shape index (κ2) is 9.95. The fourth-order valence-corrected chi connectivity index (χ4v) is 3.99. The highest BCUT2D eigenvalue weighted by Gasteiger charge is 2.32. The van der Waals surface area contributed by atoms with Gasteiger partial charge in [0.2, 0.25) is 0 Å². The highest BCUT2D eigenvalue weighted by atomic mass is 35.5. The third-order valence-electron chi connectivity index (χ3n) is 5.48. The number of benzene rings is 4. The van der Waals surface area contributed by atoms with Gasteiger partial charge in [0, 0.05) is 16.1 Å². The Bertz CT molecular complexity index is 1440. The van der Waals surface area contributed by atoms with Crippen molar-refractivity contribution >= 4 is 35.0 Å². The summed E-state index contributed by atoms with van der Waals surface area (Å²) in [6.07, 6.45) is 1.74. The van der Waals surface area contributed by atoms with Gasteiger partial charge in [-0.1, -0.05) is 72.3 Å². The molecule has 1 aliphatic rings. The molecule has 0 saturated carbocycles. The van der Waals surface area contributed by atoms with Crippen molar-refractivity contribution in [2.24, 2.45) is 5.10 Å². The first-order valence-electron chi connectivity index (χ1n) is 11.0. The van der Waals surface area contributed by atoms with E-state index in [1.165, 1.54) is 17.1 Å². The van der Waals surface area contributed by atoms with Crippen LogP contribution in [0, 0.1) is 5.82 Å². The second-order valence-corrected chi connectivity index (χ2v) is 8.36. The van der Waals surface area contributed by atoms with Crippen LogP contribution in [0.15, 0.2) is 114 Å². The number of nitrogens with zero attached hydrogens (tertiary/aromatic N) is 2. The quantitative estimate of drug-likeness (QED) is 0.281. The van der Waals surface area contributed by atoms with E-state index < -0.39 is 0 Å². The van der Waals surface area contributed by atoms with Crippen LogP contribution in [0.2, 0.25) is 5.02 Å². The summed E-state index contributed by atoms with van der Waals surface area (Å²) in [5, 5.41) is 6.55. The number of halogens is 2. The van der Waals surface area contributed by atoms with Crippen LogP contribution >= 0.6 is 11.6 Å². The minimum atomic E-state index is -0.328. The molecule has 5 rings (SSSR count). The zero-order valence-corrected chi connectivity index (χ0v) is 19.3. The van der Waals surface area contributed by atoms with E-state index in [0.29, 0.717) is 38.9 Å². The van der Waals surface area contributed by atoms with Gasteiger partial charge in [0.25, 0.3) is 5.91 Å². The Hall–Kier alpha value is -4.22. The highest BCUT2D eigenvalue weighted by molar-refractivity contribution is 6.37. The fraction of sp³-hybridized carbons (Fsp3) is 0.0345. The van der Waals surface area contributed by atoms with Crippen molar-refractivity contribution in [2.45, 2.75) is 6.61 Å². The molecule has 1 aliphatic heterocycles. The average molecular weight is 483 g/mol. The molecule has 6 heteroatoms. The molecule has 0 N–H and O–H groups in total. The third-order valence-corrected chi connectivity index (χ3v) is 5.72. The first-order chi connectivity index (χ1) is 17.1. The van der Waals surface area contributed by atoms with Crippen LogP contribution in [0.1, 0.15) is 16.7 Å². The summed E-state index contributed by atoms with van der Waals surface area (Å²) < 4.78 is 19.6. The monoisotopic (exact) mass is 482 g/mol. The Morgan fingerprint density at radius 2 is 1.63 bits per heavy atom. The molecule has 35 heavy (non-hydrogen) atoms. The number of amides is 1. The minimum Gasteiger partial charge on any atom is -0.488 e. The van der Waals surface area contributed by atoms with Crippen molar-refractivity contribution in [3.8, 4) is 5.75 Å². The lowest BCUT2D eigenvalue weighted by atomic mass is 10.00. The molecular weight excluding hydrogens is 463 g/mol. The van der Waals surface area contributed by atoms with Gasteiger partial charge in [-0.25, -0.2) is 4.39 Å². The van der Waals surface area contributed by atoms with Gasteiger partial charge in [0.05, 0.1) is 11.3 Å². The number of carbonyl (C=O) groups excluding carboxylic acids is 1. The molecule has 0 radical (unpaired) electrons. The number of anilines is 1. The smallest absolute Gasteiger partial charge is 0.281 e. The van der Waals surface area contributed by atoms with Gasteiger partial charge in [0.1, 0.15) is 23.9 Å². The molecule has 1 heterocycles. The molecule has 1 amide bonds. The summed E-state index contributed by atoms with van der Waals surface area (Å²) in [7, 11) is 0. The van der Waals surface area contributed by atoms with Crippen LogP contribution in [0.4, 0.5) is 10.1 Å². The lowest BCUT2D eigenvalue weighted by molar-refractivity contribution is -0.114. The first kappa shape index (κ1) is 22.6. The molecular formula is C29H20ClFN2O2. The van der Waals surface area contributed by atoms with Gasteiger partial charge in [-0.15, -0.1) is 0 Å². The summed E-state index contributed by atoms with van der Waals surface area (Å²) in [6, 6.07) is 30.2. The first-order valence-corrected chi connectivity index (χ1v) is 11.4. The Morgan fingerprint density at radius 1 is 0.886 bits per heavy atom. The fourth-order valence-electron chi connectivity index (χ4n) is 3.81. The summed E-state index contributed by atoms with van der Waals surface area (Å²) in [4.78, 5) is 13.5. The van der Waals surface area contributed by atoms with Crippen molar-refractivity contribution in [3.05, 3.63) is 136 Å². The predicted octanol–water partition coefficient (Wildman–Crippen LogP) is 6.89. The van der Waals surface area contributed by atoms with Crippen molar-refractivity contribution < 1.29 is 13.9 Å².